The summed E-state index contributed by atoms with van der Waals surface area (Å²) < 4.78 is 25.9. The molecule has 4 nitrogen and oxygen atoms in total. The van der Waals surface area contributed by atoms with E-state index in [2.05, 4.69) is 132 Å². The Bertz CT molecular complexity index is 1970. The molecule has 0 saturated heterocycles. The summed E-state index contributed by atoms with van der Waals surface area (Å²) in [5.74, 6) is 3.26. The van der Waals surface area contributed by atoms with Crippen molar-refractivity contribution < 1.29 is 18.9 Å². The van der Waals surface area contributed by atoms with Gasteiger partial charge in [-0.15, -0.1) is 0 Å². The van der Waals surface area contributed by atoms with Gasteiger partial charge in [-0.3, -0.25) is 0 Å². The summed E-state index contributed by atoms with van der Waals surface area (Å²) in [5, 5.41) is 0. The van der Waals surface area contributed by atoms with E-state index in [4.69, 9.17) is 32.1 Å². The van der Waals surface area contributed by atoms with Crippen molar-refractivity contribution in [3.63, 3.8) is 0 Å². The van der Waals surface area contributed by atoms with Crippen LogP contribution < -0.4 is 18.9 Å². The van der Waals surface area contributed by atoms with Crippen LogP contribution in [0.15, 0.2) is 61.7 Å². The molecular weight excluding hydrogens is 665 g/mol. The number of rotatable bonds is 4. The molecule has 0 spiro atoms. The molecule has 0 unspecified atom stereocenters. The van der Waals surface area contributed by atoms with E-state index in [1.807, 2.05) is 0 Å². The number of benzene rings is 4. The Morgan fingerprint density at radius 1 is 0.389 bits per heavy atom. The normalized spacial score (nSPS) is 13.9. The van der Waals surface area contributed by atoms with Gasteiger partial charge in [0.1, 0.15) is 23.0 Å². The van der Waals surface area contributed by atoms with Crippen LogP contribution in [0.1, 0.15) is 150 Å². The molecule has 0 saturated carbocycles. The zero-order valence-electron chi connectivity index (χ0n) is 36.1. The molecule has 54 heavy (non-hydrogen) atoms. The predicted octanol–water partition coefficient (Wildman–Crippen LogP) is 12.5. The quantitative estimate of drug-likeness (QED) is 0.185. The van der Waals surface area contributed by atoms with Crippen LogP contribution in [0.2, 0.25) is 0 Å². The molecule has 0 heterocycles. The molecule has 288 valence electrons. The molecule has 4 aromatic rings. The summed E-state index contributed by atoms with van der Waals surface area (Å²) in [6.45, 7) is 36.8. The lowest BCUT2D eigenvalue weighted by Gasteiger charge is -2.32. The number of fused-ring (bicyclic) bond motifs is 8. The summed E-state index contributed by atoms with van der Waals surface area (Å²) in [6, 6.07) is 17.8. The number of hydrogen-bond acceptors (Lipinski definition) is 4. The number of methoxy groups -OCH3 is 4. The van der Waals surface area contributed by atoms with Crippen LogP contribution in [0.3, 0.4) is 0 Å². The molecule has 0 N–H and O–H groups in total. The Morgan fingerprint density at radius 2 is 0.685 bits per heavy atom. The smallest absolute Gasteiger partial charge is 0.130 e. The standard InChI is InChI=1S/C50H64O4/c1-29-33-21-25-37(47(3,4)5)35(45(33)53-17)28-36-38(48(6,7)8)26-22-34(46(36)54-18)30(2)42-40(50(12,13)14)24-20-32(44(42)52-16)27-31-19-23-39(49(9,10)11)41(29)43(31)51-15/h19-26H,1-2,27-28H2,3-18H3. The second kappa shape index (κ2) is 14.3. The van der Waals surface area contributed by atoms with Crippen molar-refractivity contribution in [2.24, 2.45) is 0 Å². The Labute approximate surface area is 326 Å². The van der Waals surface area contributed by atoms with Crippen LogP contribution in [0.4, 0.5) is 0 Å². The van der Waals surface area contributed by atoms with Gasteiger partial charge >= 0.3 is 0 Å². The summed E-state index contributed by atoms with van der Waals surface area (Å²) in [5.41, 5.74) is 13.9. The highest BCUT2D eigenvalue weighted by atomic mass is 16.5. The van der Waals surface area contributed by atoms with E-state index in [1.54, 1.807) is 28.4 Å². The molecule has 8 bridgehead atoms. The summed E-state index contributed by atoms with van der Waals surface area (Å²) in [4.78, 5) is 0. The maximum atomic E-state index is 6.53. The molecule has 0 radical (unpaired) electrons. The van der Waals surface area contributed by atoms with Gasteiger partial charge < -0.3 is 18.9 Å². The molecule has 1 aliphatic carbocycles. The van der Waals surface area contributed by atoms with Gasteiger partial charge in [-0.2, -0.15) is 0 Å². The summed E-state index contributed by atoms with van der Waals surface area (Å²) in [6.07, 6.45) is 1.17. The third-order valence-corrected chi connectivity index (χ3v) is 11.0. The van der Waals surface area contributed by atoms with Gasteiger partial charge in [0.05, 0.1) is 28.4 Å². The largest absolute Gasteiger partial charge is 0.496 e. The number of ether oxygens (including phenoxy) is 4. The monoisotopic (exact) mass is 728 g/mol. The first-order valence-corrected chi connectivity index (χ1v) is 19.2. The van der Waals surface area contributed by atoms with Gasteiger partial charge in [0, 0.05) is 46.2 Å². The minimum Gasteiger partial charge on any atom is -0.496 e. The van der Waals surface area contributed by atoms with Crippen LogP contribution >= 0.6 is 0 Å². The van der Waals surface area contributed by atoms with Gasteiger partial charge in [0.25, 0.3) is 0 Å². The van der Waals surface area contributed by atoms with Gasteiger partial charge in [0.2, 0.25) is 0 Å². The lowest BCUT2D eigenvalue weighted by molar-refractivity contribution is 0.398. The minimum atomic E-state index is -0.196. The van der Waals surface area contributed by atoms with Crippen LogP contribution in [0, 0.1) is 0 Å². The van der Waals surface area contributed by atoms with Crippen LogP contribution in [-0.4, -0.2) is 28.4 Å². The fourth-order valence-corrected chi connectivity index (χ4v) is 8.45. The highest BCUT2D eigenvalue weighted by Crippen LogP contribution is 2.50. The minimum absolute atomic E-state index is 0.177. The Morgan fingerprint density at radius 3 is 0.963 bits per heavy atom. The van der Waals surface area contributed by atoms with Crippen LogP contribution in [0.25, 0.3) is 11.1 Å². The van der Waals surface area contributed by atoms with E-state index in [0.29, 0.717) is 12.8 Å². The average molecular weight is 729 g/mol. The molecular formula is C50H64O4. The van der Waals surface area contributed by atoms with E-state index < -0.39 is 0 Å². The van der Waals surface area contributed by atoms with E-state index in [1.165, 1.54) is 11.1 Å². The average Bonchev–Trinajstić information content (AvgIpc) is 3.07. The van der Waals surface area contributed by atoms with E-state index in [9.17, 15) is 0 Å². The zero-order chi connectivity index (χ0) is 40.3. The molecule has 0 amide bonds. The van der Waals surface area contributed by atoms with Crippen molar-refractivity contribution in [2.45, 2.75) is 118 Å². The van der Waals surface area contributed by atoms with E-state index in [-0.39, 0.29) is 21.7 Å². The first-order chi connectivity index (χ1) is 25.0. The van der Waals surface area contributed by atoms with Gasteiger partial charge in [-0.25, -0.2) is 0 Å². The molecule has 0 aliphatic heterocycles. The highest BCUT2D eigenvalue weighted by molar-refractivity contribution is 5.90. The predicted molar refractivity (Wildman–Crippen MR) is 229 cm³/mol. The maximum Gasteiger partial charge on any atom is 0.130 e. The fraction of sp³-hybridized carbons (Fsp3) is 0.440. The van der Waals surface area contributed by atoms with Gasteiger partial charge in [-0.1, -0.05) is 145 Å². The first kappa shape index (κ1) is 40.7. The van der Waals surface area contributed by atoms with Crippen molar-refractivity contribution in [2.75, 3.05) is 28.4 Å². The van der Waals surface area contributed by atoms with Gasteiger partial charge in [-0.05, 0) is 66.2 Å². The van der Waals surface area contributed by atoms with E-state index in [0.717, 1.165) is 89.8 Å². The Hall–Kier alpha value is -4.44. The van der Waals surface area contributed by atoms with E-state index >= 15 is 0 Å². The van der Waals surface area contributed by atoms with Crippen LogP contribution in [0.5, 0.6) is 23.0 Å². The van der Waals surface area contributed by atoms with Crippen molar-refractivity contribution in [1.82, 2.24) is 0 Å². The Balaban J connectivity index is 2.07. The maximum absolute atomic E-state index is 6.53. The summed E-state index contributed by atoms with van der Waals surface area (Å²) in [7, 11) is 7.11. The first-order valence-electron chi connectivity index (χ1n) is 19.2. The second-order valence-electron chi connectivity index (χ2n) is 19.0. The molecule has 0 aromatic heterocycles. The third-order valence-electron chi connectivity index (χ3n) is 11.0. The third kappa shape index (κ3) is 7.21. The van der Waals surface area contributed by atoms with Crippen molar-refractivity contribution in [3.8, 4) is 23.0 Å². The number of hydrogen-bond donors (Lipinski definition) is 0. The molecule has 0 atom stereocenters. The van der Waals surface area contributed by atoms with Crippen molar-refractivity contribution in [3.05, 3.63) is 128 Å². The fourth-order valence-electron chi connectivity index (χ4n) is 8.45. The molecule has 4 heteroatoms. The molecule has 1 aliphatic rings. The second-order valence-corrected chi connectivity index (χ2v) is 19.0. The topological polar surface area (TPSA) is 36.9 Å². The van der Waals surface area contributed by atoms with Crippen LogP contribution in [-0.2, 0) is 34.5 Å². The Kier molecular flexibility index (Phi) is 10.8. The lowest BCUT2D eigenvalue weighted by atomic mass is 9.74. The summed E-state index contributed by atoms with van der Waals surface area (Å²) >= 11 is 0. The van der Waals surface area contributed by atoms with Crippen molar-refractivity contribution in [1.29, 1.82) is 0 Å². The molecule has 4 aromatic carbocycles. The SMILES string of the molecule is C=C1c2ccc(C(C)(C)C)c(c2OC)Cc2c(C(C)(C)C)ccc(c2OC)C(=C)c2c(C(C)(C)C)ccc(c2OC)Cc2ccc(C(C)(C)C)c1c2OC. The molecule has 5 rings (SSSR count). The molecule has 0 fully saturated rings. The van der Waals surface area contributed by atoms with Crippen molar-refractivity contribution >= 4 is 11.1 Å². The lowest BCUT2D eigenvalue weighted by Crippen LogP contribution is -2.20. The highest BCUT2D eigenvalue weighted by Gasteiger charge is 2.34. The zero-order valence-corrected chi connectivity index (χ0v) is 36.1. The van der Waals surface area contributed by atoms with Gasteiger partial charge in [0.15, 0.2) is 0 Å².